The SMILES string of the molecule is Cc1nn(CC(=O)Nc2ccc3c(c2)OCCO3)c2nc(-c3cnn(C)c3)cc(C(F)F)c12. The number of carbonyl (C=O) groups excluding carboxylic acids is 1. The Hall–Kier alpha value is -4.02. The van der Waals surface area contributed by atoms with Crippen molar-refractivity contribution in [3.8, 4) is 22.8 Å². The van der Waals surface area contributed by atoms with Crippen LogP contribution in [-0.4, -0.2) is 43.7 Å². The number of halogens is 2. The molecule has 1 aliphatic heterocycles. The van der Waals surface area contributed by atoms with Crippen LogP contribution in [0.4, 0.5) is 14.5 Å². The van der Waals surface area contributed by atoms with Gasteiger partial charge in [0.15, 0.2) is 17.1 Å². The van der Waals surface area contributed by atoms with Crippen LogP contribution in [0.2, 0.25) is 0 Å². The number of anilines is 1. The molecule has 170 valence electrons. The zero-order valence-corrected chi connectivity index (χ0v) is 17.9. The Morgan fingerprint density at radius 3 is 2.73 bits per heavy atom. The average molecular weight is 454 g/mol. The molecule has 4 aromatic rings. The monoisotopic (exact) mass is 454 g/mol. The van der Waals surface area contributed by atoms with Gasteiger partial charge in [-0.2, -0.15) is 10.2 Å². The highest BCUT2D eigenvalue weighted by Gasteiger charge is 2.22. The van der Waals surface area contributed by atoms with Gasteiger partial charge in [-0.1, -0.05) is 0 Å². The van der Waals surface area contributed by atoms with Crippen LogP contribution >= 0.6 is 0 Å². The second-order valence-electron chi connectivity index (χ2n) is 7.65. The van der Waals surface area contributed by atoms with Crippen molar-refractivity contribution in [3.05, 3.63) is 47.9 Å². The number of aromatic nitrogens is 5. The van der Waals surface area contributed by atoms with Crippen LogP contribution in [0.1, 0.15) is 17.7 Å². The predicted molar refractivity (Wildman–Crippen MR) is 115 cm³/mol. The van der Waals surface area contributed by atoms with Crippen molar-refractivity contribution in [1.82, 2.24) is 24.5 Å². The molecule has 0 spiro atoms. The van der Waals surface area contributed by atoms with E-state index in [1.807, 2.05) is 0 Å². The molecule has 33 heavy (non-hydrogen) atoms. The molecule has 9 nitrogen and oxygen atoms in total. The van der Waals surface area contributed by atoms with Crippen molar-refractivity contribution in [2.45, 2.75) is 19.9 Å². The molecule has 1 aliphatic rings. The summed E-state index contributed by atoms with van der Waals surface area (Å²) in [6.07, 6.45) is 0.505. The summed E-state index contributed by atoms with van der Waals surface area (Å²) in [7, 11) is 1.73. The lowest BCUT2D eigenvalue weighted by molar-refractivity contribution is -0.116. The van der Waals surface area contributed by atoms with E-state index in [1.165, 1.54) is 10.7 Å². The molecule has 0 fully saturated rings. The maximum atomic E-state index is 13.9. The zero-order valence-electron chi connectivity index (χ0n) is 17.9. The molecule has 0 radical (unpaired) electrons. The standard InChI is InChI=1S/C22H20F2N6O3/c1-12-20-15(21(23)24)8-16(13-9-25-29(2)10-13)27-22(20)30(28-12)11-19(31)26-14-3-4-17-18(7-14)33-6-5-32-17/h3-4,7-10,21H,5-6,11H2,1-2H3,(H,26,31). The molecule has 1 N–H and O–H groups in total. The summed E-state index contributed by atoms with van der Waals surface area (Å²) < 4.78 is 41.7. The van der Waals surface area contributed by atoms with E-state index in [1.54, 1.807) is 49.2 Å². The molecule has 0 saturated heterocycles. The topological polar surface area (TPSA) is 96.1 Å². The van der Waals surface area contributed by atoms with E-state index < -0.39 is 6.43 Å². The number of fused-ring (bicyclic) bond motifs is 2. The Morgan fingerprint density at radius 1 is 1.21 bits per heavy atom. The van der Waals surface area contributed by atoms with Crippen LogP contribution in [0.15, 0.2) is 36.7 Å². The number of carbonyl (C=O) groups is 1. The molecule has 5 rings (SSSR count). The predicted octanol–water partition coefficient (Wildman–Crippen LogP) is 3.49. The summed E-state index contributed by atoms with van der Waals surface area (Å²) in [5.41, 5.74) is 1.84. The summed E-state index contributed by atoms with van der Waals surface area (Å²) in [5, 5.41) is 11.4. The Bertz CT molecular complexity index is 1360. The summed E-state index contributed by atoms with van der Waals surface area (Å²) in [4.78, 5) is 17.3. The van der Waals surface area contributed by atoms with Gasteiger partial charge in [-0.25, -0.2) is 18.4 Å². The number of aryl methyl sites for hydroxylation is 2. The van der Waals surface area contributed by atoms with E-state index >= 15 is 0 Å². The normalized spacial score (nSPS) is 13.0. The van der Waals surface area contributed by atoms with E-state index in [0.717, 1.165) is 0 Å². The second kappa shape index (κ2) is 8.15. The molecule has 4 heterocycles. The number of rotatable bonds is 5. The van der Waals surface area contributed by atoms with Crippen molar-refractivity contribution in [1.29, 1.82) is 0 Å². The van der Waals surface area contributed by atoms with Gasteiger partial charge in [0.25, 0.3) is 6.43 Å². The lowest BCUT2D eigenvalue weighted by Crippen LogP contribution is -2.20. The minimum atomic E-state index is -2.73. The maximum Gasteiger partial charge on any atom is 0.264 e. The molecule has 0 unspecified atom stereocenters. The fourth-order valence-electron chi connectivity index (χ4n) is 3.83. The third-order valence-electron chi connectivity index (χ3n) is 5.26. The molecule has 0 atom stereocenters. The zero-order chi connectivity index (χ0) is 23.1. The quantitative estimate of drug-likeness (QED) is 0.496. The first-order valence-corrected chi connectivity index (χ1v) is 10.2. The number of benzene rings is 1. The average Bonchev–Trinajstić information content (AvgIpc) is 3.36. The first-order chi connectivity index (χ1) is 15.9. The Morgan fingerprint density at radius 2 is 2.00 bits per heavy atom. The van der Waals surface area contributed by atoms with Crippen LogP contribution in [0, 0.1) is 6.92 Å². The number of hydrogen-bond acceptors (Lipinski definition) is 6. The molecule has 1 aromatic carbocycles. The summed E-state index contributed by atoms with van der Waals surface area (Å²) in [5.74, 6) is 0.770. The minimum Gasteiger partial charge on any atom is -0.486 e. The van der Waals surface area contributed by atoms with Gasteiger partial charge in [0.05, 0.1) is 23.0 Å². The van der Waals surface area contributed by atoms with Gasteiger partial charge in [-0.05, 0) is 25.1 Å². The summed E-state index contributed by atoms with van der Waals surface area (Å²) >= 11 is 0. The molecule has 1 amide bonds. The first-order valence-electron chi connectivity index (χ1n) is 10.2. The van der Waals surface area contributed by atoms with Crippen LogP contribution in [0.25, 0.3) is 22.3 Å². The second-order valence-corrected chi connectivity index (χ2v) is 7.65. The lowest BCUT2D eigenvalue weighted by atomic mass is 10.1. The van der Waals surface area contributed by atoms with E-state index in [2.05, 4.69) is 20.5 Å². The van der Waals surface area contributed by atoms with Gasteiger partial charge in [-0.3, -0.25) is 9.48 Å². The third kappa shape index (κ3) is 3.97. The summed E-state index contributed by atoms with van der Waals surface area (Å²) in [6.45, 7) is 2.32. The molecule has 3 aromatic heterocycles. The molecule has 0 bridgehead atoms. The molecule has 0 saturated carbocycles. The van der Waals surface area contributed by atoms with Crippen molar-refractivity contribution in [3.63, 3.8) is 0 Å². The number of hydrogen-bond donors (Lipinski definition) is 1. The highest BCUT2D eigenvalue weighted by Crippen LogP contribution is 2.34. The number of nitrogens with one attached hydrogen (secondary N) is 1. The lowest BCUT2D eigenvalue weighted by Gasteiger charge is -2.19. The number of amides is 1. The van der Waals surface area contributed by atoms with Crippen LogP contribution in [-0.2, 0) is 18.4 Å². The van der Waals surface area contributed by atoms with Crippen LogP contribution in [0.3, 0.4) is 0 Å². The van der Waals surface area contributed by atoms with E-state index in [-0.39, 0.29) is 29.0 Å². The van der Waals surface area contributed by atoms with Gasteiger partial charge in [0.1, 0.15) is 19.8 Å². The van der Waals surface area contributed by atoms with E-state index in [9.17, 15) is 13.6 Å². The van der Waals surface area contributed by atoms with Gasteiger partial charge >= 0.3 is 0 Å². The Balaban J connectivity index is 1.47. The molecular formula is C22H20F2N6O3. The number of alkyl halides is 2. The van der Waals surface area contributed by atoms with Crippen molar-refractivity contribution in [2.75, 3.05) is 18.5 Å². The highest BCUT2D eigenvalue weighted by atomic mass is 19.3. The maximum absolute atomic E-state index is 13.9. The van der Waals surface area contributed by atoms with Crippen LogP contribution < -0.4 is 14.8 Å². The van der Waals surface area contributed by atoms with Crippen molar-refractivity contribution >= 4 is 22.6 Å². The fourth-order valence-corrected chi connectivity index (χ4v) is 3.83. The first kappa shape index (κ1) is 20.9. The van der Waals surface area contributed by atoms with Gasteiger partial charge in [0.2, 0.25) is 5.91 Å². The number of pyridine rings is 1. The van der Waals surface area contributed by atoms with E-state index in [0.29, 0.717) is 47.4 Å². The molecule has 11 heteroatoms. The fraction of sp³-hybridized carbons (Fsp3) is 0.273. The van der Waals surface area contributed by atoms with Gasteiger partial charge < -0.3 is 14.8 Å². The third-order valence-corrected chi connectivity index (χ3v) is 5.26. The Kier molecular flexibility index (Phi) is 5.15. The van der Waals surface area contributed by atoms with E-state index in [4.69, 9.17) is 9.47 Å². The van der Waals surface area contributed by atoms with Gasteiger partial charge in [-0.15, -0.1) is 0 Å². The van der Waals surface area contributed by atoms with Gasteiger partial charge in [0, 0.05) is 36.1 Å². The van der Waals surface area contributed by atoms with Crippen LogP contribution in [0.5, 0.6) is 11.5 Å². The summed E-state index contributed by atoms with van der Waals surface area (Å²) in [6, 6.07) is 6.44. The smallest absolute Gasteiger partial charge is 0.264 e. The number of ether oxygens (including phenoxy) is 2. The Labute approximate surface area is 186 Å². The van der Waals surface area contributed by atoms with Crippen molar-refractivity contribution < 1.29 is 23.0 Å². The number of nitrogens with zero attached hydrogens (tertiary/aromatic N) is 5. The largest absolute Gasteiger partial charge is 0.486 e. The van der Waals surface area contributed by atoms with Crippen molar-refractivity contribution in [2.24, 2.45) is 7.05 Å². The minimum absolute atomic E-state index is 0.185. The highest BCUT2D eigenvalue weighted by molar-refractivity contribution is 5.92. The molecular weight excluding hydrogens is 434 g/mol. The molecule has 0 aliphatic carbocycles.